The van der Waals surface area contributed by atoms with Crippen LogP contribution in [0.2, 0.25) is 19.6 Å². The van der Waals surface area contributed by atoms with Gasteiger partial charge in [0.15, 0.2) is 94.2 Å². The number of halogens is 3. The number of aliphatic hydroxyl groups is 12. The Bertz CT molecular complexity index is 4100. The van der Waals surface area contributed by atoms with E-state index in [1.807, 2.05) is 47.3 Å². The van der Waals surface area contributed by atoms with Crippen LogP contribution in [-0.4, -0.2) is 424 Å². The molecular formula is C96H155F3O43Si. The zero-order valence-corrected chi connectivity index (χ0v) is 86.7. The molecule has 2 aliphatic carbocycles. The van der Waals surface area contributed by atoms with E-state index in [4.69, 9.17) is 120 Å². The predicted molar refractivity (Wildman–Crippen MR) is 491 cm³/mol. The molecule has 822 valence electrons. The van der Waals surface area contributed by atoms with Gasteiger partial charge in [-0.15, -0.1) is 12.0 Å². The van der Waals surface area contributed by atoms with E-state index in [9.17, 15) is 103 Å². The maximum atomic E-state index is 13.4. The zero-order valence-electron chi connectivity index (χ0n) is 85.7. The van der Waals surface area contributed by atoms with Crippen LogP contribution in [0.15, 0.2) is 23.3 Å². The van der Waals surface area contributed by atoms with Crippen molar-refractivity contribution in [1.29, 1.82) is 0 Å². The first-order valence-corrected chi connectivity index (χ1v) is 51.9. The molecule has 9 aliphatic rings. The van der Waals surface area contributed by atoms with E-state index in [0.717, 1.165) is 18.4 Å². The monoisotopic (exact) mass is 2080 g/mol. The smallest absolute Gasteiger partial charge is 0.422 e. The molecule has 0 aromatic carbocycles. The fourth-order valence-electron chi connectivity index (χ4n) is 16.8. The largest absolute Gasteiger partial charge is 0.463 e. The number of terminal acetylenes is 1. The van der Waals surface area contributed by atoms with E-state index in [-0.39, 0.29) is 106 Å². The van der Waals surface area contributed by atoms with Crippen LogP contribution in [0, 0.1) is 58.3 Å². The molecule has 2 saturated carbocycles. The lowest BCUT2D eigenvalue weighted by molar-refractivity contribution is -0.317. The topological polar surface area (TPSA) is 576 Å². The van der Waals surface area contributed by atoms with Gasteiger partial charge in [0, 0.05) is 18.4 Å². The average Bonchev–Trinajstić information content (AvgIpc) is 1.58. The molecule has 7 aliphatic heterocycles. The van der Waals surface area contributed by atoms with Crippen molar-refractivity contribution in [3.8, 4) is 23.8 Å². The van der Waals surface area contributed by atoms with E-state index in [1.54, 1.807) is 69.2 Å². The van der Waals surface area contributed by atoms with Gasteiger partial charge in [-0.2, -0.15) is 13.2 Å². The predicted octanol–water partition coefficient (Wildman–Crippen LogP) is 1.49. The van der Waals surface area contributed by atoms with E-state index in [0.29, 0.717) is 6.61 Å². The van der Waals surface area contributed by atoms with Gasteiger partial charge in [0.2, 0.25) is 0 Å². The Balaban J connectivity index is 0.000000292. The second-order valence-corrected chi connectivity index (χ2v) is 45.4. The molecule has 9 rings (SSSR count). The van der Waals surface area contributed by atoms with Gasteiger partial charge in [-0.1, -0.05) is 82.5 Å². The lowest BCUT2D eigenvalue weighted by Crippen LogP contribution is -2.62. The number of carbonyl (C=O) groups excluding carboxylic acids is 6. The van der Waals surface area contributed by atoms with Crippen molar-refractivity contribution >= 4 is 43.9 Å². The number of allylic oxidation sites excluding steroid dienone is 4. The Labute approximate surface area is 833 Å². The van der Waals surface area contributed by atoms with Gasteiger partial charge < -0.3 is 180 Å². The van der Waals surface area contributed by atoms with Gasteiger partial charge in [-0.25, -0.2) is 28.8 Å². The van der Waals surface area contributed by atoms with Crippen LogP contribution in [0.4, 0.5) is 13.2 Å². The molecule has 0 spiro atoms. The molecule has 0 aromatic rings. The summed E-state index contributed by atoms with van der Waals surface area (Å²) >= 11 is 0. The van der Waals surface area contributed by atoms with Crippen LogP contribution in [-0.2, 0) is 147 Å². The highest BCUT2D eigenvalue weighted by molar-refractivity contribution is 6.83. The molecule has 12 N–H and O–H groups in total. The highest BCUT2D eigenvalue weighted by atomic mass is 28.3. The maximum absolute atomic E-state index is 13.4. The third-order valence-corrected chi connectivity index (χ3v) is 25.1. The molecule has 7 saturated heterocycles. The van der Waals surface area contributed by atoms with Crippen molar-refractivity contribution in [2.45, 2.75) is 404 Å². The van der Waals surface area contributed by atoms with Gasteiger partial charge in [-0.05, 0) is 146 Å². The molecular weight excluding hydrogens is 1930 g/mol. The average molecular weight is 2080 g/mol. The molecule has 35 atom stereocenters. The number of carbonyl (C=O) groups is 6. The molecule has 9 fully saturated rings. The molecule has 11 unspecified atom stereocenters. The fraction of sp³-hybridized carbons (Fsp3) is 0.854. The number of hydrogen-bond donors (Lipinski definition) is 12. The van der Waals surface area contributed by atoms with E-state index in [1.165, 1.54) is 19.4 Å². The third kappa shape index (κ3) is 36.5. The molecule has 0 radical (unpaired) electrons. The highest BCUT2D eigenvalue weighted by Gasteiger charge is 2.61. The second kappa shape index (κ2) is 56.3. The quantitative estimate of drug-likeness (QED) is 0.0103. The first-order chi connectivity index (χ1) is 66.7. The summed E-state index contributed by atoms with van der Waals surface area (Å²) in [6.07, 6.45) is -42.9. The first-order valence-electron chi connectivity index (χ1n) is 48.4. The lowest BCUT2D eigenvalue weighted by atomic mass is 9.98. The number of esters is 6. The molecule has 47 heteroatoms. The SMILES string of the molecule is C#CCOC(=O)C1O[C@@H](OCCO[C@@H]2C(C(=O)OCC#C[Si](C)(C)C)O[C@@H](OC(C)C)[C@@H](O)[C@H]2O)[C@@H](O)[C@@H](O)[C@@H]1OC(C)C.CC(C)=CC1C(COC(=O)C2O[C@@H](OC(C)C)[C@@H](O)[C@@H](O)[C@@H]2OCCO[C@@H]2OC(C(=O)OCC(F)(F)F)[C@@H](OC(C)C)[C@H](O)[C@@H]2O)C1(C)C.CC(C)=CC1C(COC(=O)C2O[C@@H](OC(C)C)[C@@H](O)[C@@H](O)[C@@H]2OCCO[C@@H]2OC(C(=O)OCC3CCCO3)[C@@H](OC(C)C)[C@H](O)[C@@H]2O)C1(C)C. The number of alkyl halides is 3. The summed E-state index contributed by atoms with van der Waals surface area (Å²) < 4.78 is 176. The Hall–Kier alpha value is -5.81. The number of ether oxygens (including phenoxy) is 25. The van der Waals surface area contributed by atoms with Crippen LogP contribution in [0.3, 0.4) is 0 Å². The van der Waals surface area contributed by atoms with Gasteiger partial charge in [0.1, 0.15) is 125 Å². The maximum Gasteiger partial charge on any atom is 0.422 e. The molecule has 0 bridgehead atoms. The molecule has 143 heavy (non-hydrogen) atoms. The van der Waals surface area contributed by atoms with E-state index >= 15 is 0 Å². The summed E-state index contributed by atoms with van der Waals surface area (Å²) in [7, 11) is -1.71. The summed E-state index contributed by atoms with van der Waals surface area (Å²) in [5, 5.41) is 129. The van der Waals surface area contributed by atoms with Crippen LogP contribution in [0.1, 0.15) is 151 Å². The minimum Gasteiger partial charge on any atom is -0.463 e. The number of hydrogen-bond acceptors (Lipinski definition) is 43. The van der Waals surface area contributed by atoms with Crippen molar-refractivity contribution in [2.75, 3.05) is 85.9 Å². The zero-order chi connectivity index (χ0) is 107. The molecule has 0 aromatic heterocycles. The Morgan fingerprint density at radius 3 is 0.923 bits per heavy atom. The van der Waals surface area contributed by atoms with Gasteiger partial charge >= 0.3 is 42.0 Å². The second-order valence-electron chi connectivity index (χ2n) is 40.7. The van der Waals surface area contributed by atoms with Crippen molar-refractivity contribution in [3.63, 3.8) is 0 Å². The summed E-state index contributed by atoms with van der Waals surface area (Å²) in [4.78, 5) is 77.8. The number of aliphatic hydroxyl groups excluding tert-OH is 12. The summed E-state index contributed by atoms with van der Waals surface area (Å²) in [5.41, 5.74) is 5.20. The van der Waals surface area contributed by atoms with Crippen molar-refractivity contribution in [2.24, 2.45) is 34.5 Å². The van der Waals surface area contributed by atoms with Crippen molar-refractivity contribution in [3.05, 3.63) is 23.3 Å². The van der Waals surface area contributed by atoms with Crippen LogP contribution in [0.25, 0.3) is 0 Å². The Kier molecular flexibility index (Phi) is 48.9. The summed E-state index contributed by atoms with van der Waals surface area (Å²) in [6, 6.07) is 0. The van der Waals surface area contributed by atoms with Gasteiger partial charge in [0.05, 0.1) is 95.6 Å². The van der Waals surface area contributed by atoms with Crippen LogP contribution in [0.5, 0.6) is 0 Å². The minimum atomic E-state index is -4.83. The molecule has 0 amide bonds. The highest BCUT2D eigenvalue weighted by Crippen LogP contribution is 2.60. The van der Waals surface area contributed by atoms with Gasteiger partial charge in [-0.3, -0.25) is 0 Å². The molecule has 7 heterocycles. The Morgan fingerprint density at radius 2 is 0.643 bits per heavy atom. The third-order valence-electron chi connectivity index (χ3n) is 24.2. The normalized spacial score (nSPS) is 35.7. The fourth-order valence-corrected chi connectivity index (χ4v) is 17.4. The summed E-state index contributed by atoms with van der Waals surface area (Å²) in [5.74, 6) is -0.233. The summed E-state index contributed by atoms with van der Waals surface area (Å²) in [6.45, 7) is 38.6. The van der Waals surface area contributed by atoms with E-state index in [2.05, 4.69) is 62.0 Å². The van der Waals surface area contributed by atoms with Crippen LogP contribution < -0.4 is 0 Å². The van der Waals surface area contributed by atoms with Crippen LogP contribution >= 0.6 is 0 Å². The van der Waals surface area contributed by atoms with E-state index < -0.39 is 285 Å². The lowest BCUT2D eigenvalue weighted by Gasteiger charge is -2.42. The molecule has 43 nitrogen and oxygen atoms in total. The first kappa shape index (κ1) is 124. The number of rotatable bonds is 44. The van der Waals surface area contributed by atoms with Gasteiger partial charge in [0.25, 0.3) is 0 Å². The minimum absolute atomic E-state index is 0.00384. The standard InChI is InChI=1S/C35H58O15.C32H51F3O14.C29H46O14Si/c1-17(2)14-21-22(35(21,7)8)16-46-31(40)29-27(23(36)26(39)34(50-29)48-19(5)6)43-12-13-44-33-25(38)24(37)28(47-18(3)4)30(49-33)32(41)45-15-20-10-9-11-42-20;1-14(2)11-17-18(31(17,7)8)12-44-27(40)25-23(19(36)22(39)30(49-25)47-16(5)6)42-9-10-43-29-21(38)20(37)24(46-15(3)4)26(48-29)28(41)45-13-32(33,34)35;1-9-11-37-27(35)25-23(40-16(2)3)19(31)20(32)28(42-25)39-14-13-36-22-18(30)21(33)29(41-17(4)5)43-24(22)26(34)38-12-10-15-44(6,7)8/h14,18-30,33-34,36-39H,9-13,15-16H2,1-8H3;11,15-26,29-30,36-39H,9-10,12-13H2,1-8H3;1,16-25,28-33H,11-14H2,2-8H3/t20?,21?,22?,23-,24-,25+,26+,27+,28+,29?,30?,33-,34-;17?,18?,19-,20-,21+,22+,23+,24+,25?,26?,29-,30-;18-,19-,20+,21+,22+,23+,24?,25?,28-,29-/m111/s1. The van der Waals surface area contributed by atoms with Crippen molar-refractivity contribution < 1.29 is 222 Å². The van der Waals surface area contributed by atoms with Crippen molar-refractivity contribution in [1.82, 2.24) is 0 Å². The Morgan fingerprint density at radius 1 is 0.378 bits per heavy atom.